The Morgan fingerprint density at radius 1 is 1.07 bits per heavy atom. The number of anilines is 1. The van der Waals surface area contributed by atoms with Crippen molar-refractivity contribution in [1.82, 2.24) is 4.90 Å². The normalized spacial score (nSPS) is 24.7. The molecule has 0 aromatic heterocycles. The molecule has 2 aliphatic heterocycles. The summed E-state index contributed by atoms with van der Waals surface area (Å²) in [5.41, 5.74) is 5.86. The van der Waals surface area contributed by atoms with Gasteiger partial charge in [-0.15, -0.1) is 12.4 Å². The maximum Gasteiger partial charge on any atom is 0.123 e. The van der Waals surface area contributed by atoms with Crippen LogP contribution in [0.15, 0.2) is 106 Å². The number of para-hydroxylation sites is 1. The van der Waals surface area contributed by atoms with E-state index in [-0.39, 0.29) is 30.2 Å². The van der Waals surface area contributed by atoms with Crippen LogP contribution in [-0.2, 0) is 0 Å². The van der Waals surface area contributed by atoms with Gasteiger partial charge in [0.05, 0.1) is 29.1 Å². The zero-order valence-electron chi connectivity index (χ0n) is 14.8. The third kappa shape index (κ3) is 2.77. The van der Waals surface area contributed by atoms with Gasteiger partial charge in [0.25, 0.3) is 0 Å². The number of halogens is 2. The van der Waals surface area contributed by atoms with Crippen LogP contribution in [0.5, 0.6) is 0 Å². The van der Waals surface area contributed by atoms with Crippen molar-refractivity contribution >= 4 is 23.8 Å². The number of benzene rings is 1. The quantitative estimate of drug-likeness (QED) is 0.789. The fourth-order valence-corrected chi connectivity index (χ4v) is 3.98. The van der Waals surface area contributed by atoms with E-state index >= 15 is 0 Å². The highest BCUT2D eigenvalue weighted by molar-refractivity contribution is 6.04. The minimum absolute atomic E-state index is 0. The average Bonchev–Trinajstić information content (AvgIpc) is 3.05. The van der Waals surface area contributed by atoms with Crippen LogP contribution in [0.25, 0.3) is 0 Å². The first kappa shape index (κ1) is 17.6. The lowest BCUT2D eigenvalue weighted by atomic mass is 9.87. The van der Waals surface area contributed by atoms with Crippen molar-refractivity contribution < 1.29 is 4.39 Å². The van der Waals surface area contributed by atoms with Gasteiger partial charge in [-0.1, -0.05) is 42.5 Å². The second-order valence-corrected chi connectivity index (χ2v) is 6.76. The average molecular weight is 380 g/mol. The molecule has 0 saturated carbocycles. The molecule has 2 unspecified atom stereocenters. The van der Waals surface area contributed by atoms with E-state index in [0.717, 1.165) is 34.1 Å². The van der Waals surface area contributed by atoms with Crippen molar-refractivity contribution in [3.8, 4) is 0 Å². The second kappa shape index (κ2) is 6.71. The highest BCUT2D eigenvalue weighted by Crippen LogP contribution is 2.43. The summed E-state index contributed by atoms with van der Waals surface area (Å²) in [5.74, 6) is -0.0813. The predicted molar refractivity (Wildman–Crippen MR) is 110 cm³/mol. The van der Waals surface area contributed by atoms with Crippen LogP contribution in [0.3, 0.4) is 0 Å². The molecular formula is C22H19ClFN3. The maximum atomic E-state index is 14.1. The Balaban J connectivity index is 0.00000180. The Morgan fingerprint density at radius 3 is 2.70 bits per heavy atom. The monoisotopic (exact) mass is 379 g/mol. The first-order chi connectivity index (χ1) is 12.7. The fraction of sp³-hybridized carbons (Fsp3) is 0.136. The number of rotatable bonds is 2. The Bertz CT molecular complexity index is 996. The van der Waals surface area contributed by atoms with E-state index < -0.39 is 0 Å². The summed E-state index contributed by atoms with van der Waals surface area (Å²) in [5, 5.41) is 3.50. The van der Waals surface area contributed by atoms with Crippen molar-refractivity contribution in [3.63, 3.8) is 0 Å². The van der Waals surface area contributed by atoms with Crippen molar-refractivity contribution in [2.75, 3.05) is 12.4 Å². The molecule has 2 aliphatic carbocycles. The van der Waals surface area contributed by atoms with Gasteiger partial charge in [-0.25, -0.2) is 9.38 Å². The van der Waals surface area contributed by atoms with Crippen LogP contribution in [0.4, 0.5) is 10.1 Å². The number of hydrogen-bond donors (Lipinski definition) is 1. The van der Waals surface area contributed by atoms with E-state index in [1.807, 2.05) is 42.5 Å². The lowest BCUT2D eigenvalue weighted by molar-refractivity contribution is 0.360. The second-order valence-electron chi connectivity index (χ2n) is 6.76. The summed E-state index contributed by atoms with van der Waals surface area (Å²) in [7, 11) is 2.06. The molecule has 2 atom stereocenters. The maximum absolute atomic E-state index is 14.1. The topological polar surface area (TPSA) is 27.6 Å². The minimum Gasteiger partial charge on any atom is -0.365 e. The summed E-state index contributed by atoms with van der Waals surface area (Å²) in [6.07, 6.45) is 13.4. The van der Waals surface area contributed by atoms with Crippen molar-refractivity contribution in [2.45, 2.75) is 6.04 Å². The van der Waals surface area contributed by atoms with Crippen molar-refractivity contribution in [1.29, 1.82) is 0 Å². The van der Waals surface area contributed by atoms with Crippen molar-refractivity contribution in [2.24, 2.45) is 10.9 Å². The largest absolute Gasteiger partial charge is 0.365 e. The summed E-state index contributed by atoms with van der Waals surface area (Å²) in [6.45, 7) is 0. The molecule has 0 bridgehead atoms. The highest BCUT2D eigenvalue weighted by atomic mass is 35.5. The Labute approximate surface area is 164 Å². The van der Waals surface area contributed by atoms with Gasteiger partial charge in [0.15, 0.2) is 0 Å². The fourth-order valence-electron chi connectivity index (χ4n) is 3.98. The number of allylic oxidation sites excluding steroid dienone is 6. The van der Waals surface area contributed by atoms with Crippen LogP contribution in [0.1, 0.15) is 0 Å². The Kier molecular flexibility index (Phi) is 4.36. The summed E-state index contributed by atoms with van der Waals surface area (Å²) in [4.78, 5) is 7.11. The van der Waals surface area contributed by atoms with Crippen molar-refractivity contribution in [3.05, 3.63) is 101 Å². The van der Waals surface area contributed by atoms with E-state index in [0.29, 0.717) is 0 Å². The van der Waals surface area contributed by atoms with Crippen LogP contribution in [0.2, 0.25) is 0 Å². The molecule has 0 saturated heterocycles. The molecule has 0 fully saturated rings. The van der Waals surface area contributed by atoms with Crippen LogP contribution < -0.4 is 5.32 Å². The standard InChI is InChI=1S/C22H18FN3.ClH/c1-26-19-12-11-14(23)13-17(19)20(24-15-7-3-2-4-8-15)21-22(26)16-9-5-6-10-18(16)25-21;/h2-13,16,19,24H,1H3;1H. The molecule has 1 aromatic rings. The van der Waals surface area contributed by atoms with E-state index in [1.165, 1.54) is 0 Å². The highest BCUT2D eigenvalue weighted by Gasteiger charge is 2.40. The van der Waals surface area contributed by atoms with E-state index in [1.54, 1.807) is 12.2 Å². The third-order valence-electron chi connectivity index (χ3n) is 5.19. The molecule has 27 heavy (non-hydrogen) atoms. The van der Waals surface area contributed by atoms with Gasteiger partial charge in [-0.05, 0) is 30.4 Å². The van der Waals surface area contributed by atoms with Gasteiger partial charge in [0.1, 0.15) is 11.5 Å². The van der Waals surface area contributed by atoms with Gasteiger partial charge in [-0.2, -0.15) is 0 Å². The summed E-state index contributed by atoms with van der Waals surface area (Å²) < 4.78 is 14.1. The van der Waals surface area contributed by atoms with E-state index in [2.05, 4.69) is 35.5 Å². The first-order valence-corrected chi connectivity index (χ1v) is 8.75. The van der Waals surface area contributed by atoms with Crippen LogP contribution in [-0.4, -0.2) is 23.7 Å². The molecule has 2 heterocycles. The molecule has 5 rings (SSSR count). The van der Waals surface area contributed by atoms with Gasteiger partial charge in [0.2, 0.25) is 0 Å². The summed E-state index contributed by atoms with van der Waals surface area (Å²) in [6, 6.07) is 9.96. The molecule has 3 nitrogen and oxygen atoms in total. The number of hydrogen-bond acceptors (Lipinski definition) is 3. The molecule has 5 heteroatoms. The van der Waals surface area contributed by atoms with E-state index in [4.69, 9.17) is 4.99 Å². The van der Waals surface area contributed by atoms with Crippen LogP contribution >= 0.6 is 12.4 Å². The Hall–Kier alpha value is -2.85. The first-order valence-electron chi connectivity index (χ1n) is 8.75. The smallest absolute Gasteiger partial charge is 0.123 e. The SMILES string of the molecule is CN1C2=C(N=C3C=CC=CC32)C(Nc2ccccc2)=C2C=C(F)C=CC21.Cl. The zero-order chi connectivity index (χ0) is 17.7. The lowest BCUT2D eigenvalue weighted by Gasteiger charge is -2.39. The molecule has 0 spiro atoms. The zero-order valence-corrected chi connectivity index (χ0v) is 15.6. The van der Waals surface area contributed by atoms with Crippen LogP contribution in [0, 0.1) is 5.92 Å². The van der Waals surface area contributed by atoms with Gasteiger partial charge in [0, 0.05) is 18.3 Å². The number of aliphatic imine (C=N–C) groups is 1. The number of nitrogens with one attached hydrogen (secondary N) is 1. The molecule has 136 valence electrons. The molecule has 0 radical (unpaired) electrons. The predicted octanol–water partition coefficient (Wildman–Crippen LogP) is 4.92. The molecule has 1 aromatic carbocycles. The molecule has 0 amide bonds. The number of fused-ring (bicyclic) bond motifs is 3. The third-order valence-corrected chi connectivity index (χ3v) is 5.19. The van der Waals surface area contributed by atoms with Gasteiger partial charge < -0.3 is 10.2 Å². The van der Waals surface area contributed by atoms with E-state index in [9.17, 15) is 4.39 Å². The van der Waals surface area contributed by atoms with Gasteiger partial charge >= 0.3 is 0 Å². The number of nitrogens with zero attached hydrogens (tertiary/aromatic N) is 2. The van der Waals surface area contributed by atoms with Gasteiger partial charge in [-0.3, -0.25) is 0 Å². The minimum atomic E-state index is -0.232. The molecule has 4 aliphatic rings. The Morgan fingerprint density at radius 2 is 1.89 bits per heavy atom. The molecular weight excluding hydrogens is 361 g/mol. The number of likely N-dealkylation sites (N-methyl/N-ethyl adjacent to an activating group) is 1. The molecule has 1 N–H and O–H groups in total. The lowest BCUT2D eigenvalue weighted by Crippen LogP contribution is -2.39. The summed E-state index contributed by atoms with van der Waals surface area (Å²) >= 11 is 0.